The van der Waals surface area contributed by atoms with E-state index < -0.39 is 0 Å². The molecule has 0 fully saturated rings. The largest absolute Gasteiger partial charge is 0.264 e. The highest BCUT2D eigenvalue weighted by Gasteiger charge is 2.22. The summed E-state index contributed by atoms with van der Waals surface area (Å²) in [6.07, 6.45) is 20.0. The van der Waals surface area contributed by atoms with Crippen LogP contribution in [0, 0.1) is 0 Å². The second-order valence-corrected chi connectivity index (χ2v) is 35.8. The zero-order valence-electron chi connectivity index (χ0n) is 80.7. The van der Waals surface area contributed by atoms with E-state index in [1.807, 2.05) is 249 Å². The third-order valence-electron chi connectivity index (χ3n) is 26.2. The van der Waals surface area contributed by atoms with E-state index in [-0.39, 0.29) is 0 Å². The normalized spacial score (nSPS) is 11.1. The average Bonchev–Trinajstić information content (AvgIpc) is 0.825. The molecule has 0 bridgehead atoms. The number of pyridine rings is 9. The fraction of sp³-hybridized carbons (Fsp3) is 0. The lowest BCUT2D eigenvalue weighted by atomic mass is 9.93. The molecule has 150 heavy (non-hydrogen) atoms. The molecule has 26 aromatic rings. The van der Waals surface area contributed by atoms with Gasteiger partial charge in [0, 0.05) is 157 Å². The number of nitrogens with zero attached hydrogens (tertiary/aromatic N) is 18. The van der Waals surface area contributed by atoms with Gasteiger partial charge in [0.2, 0.25) is 0 Å². The van der Waals surface area contributed by atoms with E-state index in [1.165, 1.54) is 38.1 Å². The maximum atomic E-state index is 5.02. The molecule has 0 aliphatic heterocycles. The number of benzene rings is 14. The lowest BCUT2D eigenvalue weighted by Crippen LogP contribution is -2.00. The zero-order valence-corrected chi connectivity index (χ0v) is 80.7. The topological polar surface area (TPSA) is 232 Å². The van der Waals surface area contributed by atoms with Crippen molar-refractivity contribution in [2.24, 2.45) is 0 Å². The van der Waals surface area contributed by atoms with Crippen LogP contribution in [0.15, 0.2) is 523 Å². The molecule has 0 atom stereocenters. The monoisotopic (exact) mass is 1920 g/mol. The van der Waals surface area contributed by atoms with E-state index in [0.717, 1.165) is 168 Å². The molecule has 0 unspecified atom stereocenters. The van der Waals surface area contributed by atoms with Crippen LogP contribution in [0.1, 0.15) is 0 Å². The fourth-order valence-electron chi connectivity index (χ4n) is 18.3. The van der Waals surface area contributed by atoms with Crippen molar-refractivity contribution in [3.05, 3.63) is 523 Å². The van der Waals surface area contributed by atoms with Crippen LogP contribution in [-0.4, -0.2) is 89.7 Å². The highest BCUT2D eigenvalue weighted by Crippen LogP contribution is 2.40. The summed E-state index contributed by atoms with van der Waals surface area (Å²) in [5.74, 6) is 5.43. The summed E-state index contributed by atoms with van der Waals surface area (Å²) in [5.41, 5.74) is 30.1. The number of hydrogen-bond acceptors (Lipinski definition) is 18. The first-order valence-corrected chi connectivity index (χ1v) is 49.2. The Morgan fingerprint density at radius 3 is 0.747 bits per heavy atom. The molecule has 0 aliphatic rings. The molecule has 0 saturated carbocycles. The number of rotatable bonds is 20. The van der Waals surface area contributed by atoms with Gasteiger partial charge in [-0.25, -0.2) is 44.9 Å². The van der Waals surface area contributed by atoms with Gasteiger partial charge in [0.25, 0.3) is 0 Å². The van der Waals surface area contributed by atoms with Gasteiger partial charge < -0.3 is 0 Å². The van der Waals surface area contributed by atoms with Gasteiger partial charge in [0.15, 0.2) is 52.4 Å². The van der Waals surface area contributed by atoms with Crippen LogP contribution >= 0.6 is 0 Å². The van der Waals surface area contributed by atoms with E-state index in [4.69, 9.17) is 59.8 Å². The molecule has 0 spiro atoms. The smallest absolute Gasteiger partial charge is 0.164 e. The number of fused-ring (bicyclic) bond motifs is 4. The van der Waals surface area contributed by atoms with Crippen LogP contribution in [0.2, 0.25) is 0 Å². The van der Waals surface area contributed by atoms with Crippen molar-refractivity contribution in [3.63, 3.8) is 0 Å². The molecule has 26 rings (SSSR count). The van der Waals surface area contributed by atoms with Crippen molar-refractivity contribution < 1.29 is 0 Å². The summed E-state index contributed by atoms with van der Waals surface area (Å²) >= 11 is 0. The zero-order chi connectivity index (χ0) is 100. The highest BCUT2D eigenvalue weighted by atomic mass is 15.1. The maximum Gasteiger partial charge on any atom is 0.164 e. The molecule has 0 amide bonds. The quantitative estimate of drug-likeness (QED) is 0.0645. The molecular formula is C132H86N18. The average molecular weight is 1920 g/mol. The minimum atomic E-state index is 0.562. The first-order valence-electron chi connectivity index (χ1n) is 49.2. The second kappa shape index (κ2) is 42.4. The minimum absolute atomic E-state index is 0.562. The second-order valence-electron chi connectivity index (χ2n) is 35.8. The van der Waals surface area contributed by atoms with Crippen LogP contribution in [-0.2, 0) is 0 Å². The number of hydrogen-bond donors (Lipinski definition) is 0. The molecule has 18 nitrogen and oxygen atoms in total. The van der Waals surface area contributed by atoms with Gasteiger partial charge in [0.1, 0.15) is 0 Å². The van der Waals surface area contributed by atoms with Crippen LogP contribution < -0.4 is 0 Å². The summed E-state index contributed by atoms with van der Waals surface area (Å²) in [4.78, 5) is 85.5. The Hall–Kier alpha value is -20.8. The standard InChI is InChI=1S/C51H33N9.C45H29N5.C36H24N4/c1-4-28-52-43(7-1)40-22-25-46(55-31-40)34-10-16-37(17-11-34)49-58-50(38-18-12-35(13-19-38)47-26-23-41(32-56-47)44-8-2-5-29-53-44)60-51(59-49)39-20-14-36(15-21-39)48-27-24-42(33-57-48)45-9-3-6-30-54-45;1-2-10-39-36(7-1)27-42(41-12-4-3-11-40(39)41)32-17-23-35(24-18-32)45-49-43(33-19-13-30(14-20-33)37-8-5-25-46-28-37)48-44(50-45)34-21-15-31(16-22-34)38-9-6-26-47-29-38;1-2-9-25(10-3-1)27-16-19-28(20-17-27)34-38-35(31-14-8-13-30(24-31)33-15-6-7-22-37-33)40-36(39-34)32-21-18-26-11-4-5-12-29(26)23-32/h1-33H;1-29H;1-24H. The van der Waals surface area contributed by atoms with Crippen molar-refractivity contribution >= 4 is 32.3 Å². The minimum Gasteiger partial charge on any atom is -0.264 e. The molecule has 14 aromatic carbocycles. The van der Waals surface area contributed by atoms with Gasteiger partial charge in [-0.15, -0.1) is 0 Å². The van der Waals surface area contributed by atoms with Crippen molar-refractivity contribution in [2.75, 3.05) is 0 Å². The van der Waals surface area contributed by atoms with E-state index in [1.54, 1.807) is 37.2 Å². The highest BCUT2D eigenvalue weighted by molar-refractivity contribution is 6.14. The Kier molecular flexibility index (Phi) is 25.9. The van der Waals surface area contributed by atoms with E-state index in [9.17, 15) is 0 Å². The summed E-state index contributed by atoms with van der Waals surface area (Å²) < 4.78 is 0. The Bertz CT molecular complexity index is 8790. The van der Waals surface area contributed by atoms with Crippen LogP contribution in [0.3, 0.4) is 0 Å². The van der Waals surface area contributed by atoms with E-state index in [0.29, 0.717) is 52.4 Å². The molecule has 0 N–H and O–H groups in total. The van der Waals surface area contributed by atoms with Crippen molar-refractivity contribution in [2.45, 2.75) is 0 Å². The van der Waals surface area contributed by atoms with E-state index >= 15 is 0 Å². The number of aromatic nitrogens is 18. The predicted molar refractivity (Wildman–Crippen MR) is 601 cm³/mol. The third kappa shape index (κ3) is 20.4. The van der Waals surface area contributed by atoms with Gasteiger partial charge in [-0.2, -0.15) is 0 Å². The lowest BCUT2D eigenvalue weighted by Gasteiger charge is -2.12. The Morgan fingerprint density at radius 1 is 0.113 bits per heavy atom. The van der Waals surface area contributed by atoms with Crippen LogP contribution in [0.5, 0.6) is 0 Å². The first-order chi connectivity index (χ1) is 74.3. The molecule has 0 radical (unpaired) electrons. The van der Waals surface area contributed by atoms with Crippen molar-refractivity contribution in [1.82, 2.24) is 89.7 Å². The maximum absolute atomic E-state index is 5.02. The third-order valence-corrected chi connectivity index (χ3v) is 26.2. The van der Waals surface area contributed by atoms with Gasteiger partial charge >= 0.3 is 0 Å². The Morgan fingerprint density at radius 2 is 0.380 bits per heavy atom. The van der Waals surface area contributed by atoms with Crippen LogP contribution in [0.4, 0.5) is 0 Å². The van der Waals surface area contributed by atoms with E-state index in [2.05, 4.69) is 266 Å². The summed E-state index contributed by atoms with van der Waals surface area (Å²) in [6, 6.07) is 154. The molecular weight excluding hydrogens is 1840 g/mol. The molecule has 0 saturated heterocycles. The molecule has 12 heterocycles. The molecule has 704 valence electrons. The Labute approximate surface area is 865 Å². The van der Waals surface area contributed by atoms with Gasteiger partial charge in [0.05, 0.1) is 39.9 Å². The van der Waals surface area contributed by atoms with Gasteiger partial charge in [-0.1, -0.05) is 340 Å². The molecule has 18 heteroatoms. The SMILES string of the molecule is c1ccc(-c2ccc(-c3ccc(-c4nc(-c5ccc(-c6ccc(-c7ccccn7)cn6)cc5)nc(-c5ccc(-c6ccc(-c7ccccn7)cn6)cc5)n4)cc3)nc2)nc1.c1ccc(-c2ccc(-c3nc(-c4cccc(-c5ccccn5)c4)nc(-c4ccc5ccccc5c4)n3)cc2)cc1.c1cncc(-c2ccc(-c3nc(-c4ccc(-c5cccnc5)cc4)nc(-c4ccc(-c5cc6ccccc6c6ccccc56)cc4)n3)cc2)c1. The predicted octanol–water partition coefficient (Wildman–Crippen LogP) is 31.0. The van der Waals surface area contributed by atoms with Crippen molar-refractivity contribution in [1.29, 1.82) is 0 Å². The summed E-state index contributed by atoms with van der Waals surface area (Å²) in [7, 11) is 0. The van der Waals surface area contributed by atoms with Crippen LogP contribution in [0.25, 0.3) is 258 Å². The first kappa shape index (κ1) is 91.7. The molecule has 12 aromatic heterocycles. The lowest BCUT2D eigenvalue weighted by molar-refractivity contribution is 1.07. The molecule has 0 aliphatic carbocycles. The van der Waals surface area contributed by atoms with Gasteiger partial charge in [-0.05, 0) is 192 Å². The van der Waals surface area contributed by atoms with Crippen molar-refractivity contribution in [3.8, 4) is 226 Å². The fourth-order valence-corrected chi connectivity index (χ4v) is 18.3. The Balaban J connectivity index is 0.000000122. The van der Waals surface area contributed by atoms with Gasteiger partial charge in [-0.3, -0.25) is 44.9 Å². The summed E-state index contributed by atoms with van der Waals surface area (Å²) in [5, 5.41) is 7.29. The summed E-state index contributed by atoms with van der Waals surface area (Å²) in [6.45, 7) is 0.